The fraction of sp³-hybridized carbons (Fsp3) is 0.685. The number of aliphatic hydroxyl groups excluding tert-OH is 2. The molecule has 0 aromatic heterocycles. The first-order chi connectivity index (χ1) is 44.2. The molecule has 0 spiro atoms. The predicted molar refractivity (Wildman–Crippen MR) is 371 cm³/mol. The van der Waals surface area contributed by atoms with Gasteiger partial charge in [0.25, 0.3) is 0 Å². The molecule has 0 amide bonds. The third-order valence-corrected chi connectivity index (χ3v) is 16.1. The fourth-order valence-corrected chi connectivity index (χ4v) is 10.4. The SMILES string of the molecule is CC/C=C\C/C=C\C/C=C\C/C=C\C/C=C\C/C=C\CCCCCCCCCCC(=O)OCC(O)COP(=O)(O)OCC(O)COP(=O)(O)OCC(COC(=O)CCCCCCCCC/C=C\C/C=C\C/C=C\CC)OC(=O)CCCCCCC/C=C\CCCC. The van der Waals surface area contributed by atoms with Crippen molar-refractivity contribution in [2.45, 2.75) is 283 Å². The second kappa shape index (κ2) is 66.0. The maximum Gasteiger partial charge on any atom is 0.472 e. The molecule has 5 atom stereocenters. The van der Waals surface area contributed by atoms with E-state index in [1.165, 1.54) is 32.1 Å². The molecule has 0 rings (SSSR count). The summed E-state index contributed by atoms with van der Waals surface area (Å²) in [5.41, 5.74) is 0. The Hall–Kier alpha value is -4.05. The molecular formula is C73H124O16P2. The molecular weight excluding hydrogens is 1190 g/mol. The van der Waals surface area contributed by atoms with Gasteiger partial charge in [-0.25, -0.2) is 9.13 Å². The smallest absolute Gasteiger partial charge is 0.463 e. The van der Waals surface area contributed by atoms with E-state index in [9.17, 15) is 43.5 Å². The average Bonchev–Trinajstić information content (AvgIpc) is 3.69. The normalized spacial score (nSPS) is 14.9. The van der Waals surface area contributed by atoms with Crippen molar-refractivity contribution in [3.63, 3.8) is 0 Å². The van der Waals surface area contributed by atoms with Crippen molar-refractivity contribution in [2.75, 3.05) is 39.6 Å². The van der Waals surface area contributed by atoms with Crippen LogP contribution in [0.4, 0.5) is 0 Å². The second-order valence-corrected chi connectivity index (χ2v) is 25.8. The van der Waals surface area contributed by atoms with Crippen LogP contribution in [0.25, 0.3) is 0 Å². The van der Waals surface area contributed by atoms with Crippen LogP contribution >= 0.6 is 15.6 Å². The quantitative estimate of drug-likeness (QED) is 0.0146. The van der Waals surface area contributed by atoms with Crippen LogP contribution in [0.5, 0.6) is 0 Å². The zero-order valence-corrected chi connectivity index (χ0v) is 58.3. The molecule has 5 unspecified atom stereocenters. The highest BCUT2D eigenvalue weighted by Crippen LogP contribution is 2.45. The van der Waals surface area contributed by atoms with Gasteiger partial charge >= 0.3 is 33.6 Å². The van der Waals surface area contributed by atoms with Crippen molar-refractivity contribution in [3.8, 4) is 0 Å². The molecule has 0 aliphatic carbocycles. The Labute approximate surface area is 551 Å². The molecule has 0 radical (unpaired) electrons. The molecule has 4 N–H and O–H groups in total. The van der Waals surface area contributed by atoms with Gasteiger partial charge in [-0.05, 0) is 122 Å². The first kappa shape index (κ1) is 87.0. The number of phosphoric ester groups is 2. The zero-order chi connectivity index (χ0) is 66.7. The number of hydrogen-bond donors (Lipinski definition) is 4. The summed E-state index contributed by atoms with van der Waals surface area (Å²) in [6.07, 6.45) is 75.5. The summed E-state index contributed by atoms with van der Waals surface area (Å²) in [4.78, 5) is 58.3. The van der Waals surface area contributed by atoms with E-state index in [0.29, 0.717) is 19.3 Å². The topological polar surface area (TPSA) is 231 Å². The second-order valence-electron chi connectivity index (χ2n) is 22.9. The molecule has 0 aromatic rings. The van der Waals surface area contributed by atoms with Gasteiger partial charge in [0.05, 0.1) is 26.4 Å². The summed E-state index contributed by atoms with van der Waals surface area (Å²) in [5.74, 6) is -1.61. The highest BCUT2D eigenvalue weighted by molar-refractivity contribution is 7.47. The molecule has 18 heteroatoms. The highest BCUT2D eigenvalue weighted by atomic mass is 31.2. The molecule has 0 fully saturated rings. The van der Waals surface area contributed by atoms with E-state index in [0.717, 1.165) is 173 Å². The van der Waals surface area contributed by atoms with Gasteiger partial charge in [-0.2, -0.15) is 0 Å². The van der Waals surface area contributed by atoms with Gasteiger partial charge in [0.2, 0.25) is 0 Å². The number of ether oxygens (including phenoxy) is 3. The Kier molecular flexibility index (Phi) is 63.1. The molecule has 0 aliphatic heterocycles. The van der Waals surface area contributed by atoms with Crippen LogP contribution in [0.15, 0.2) is 122 Å². The summed E-state index contributed by atoms with van der Waals surface area (Å²) in [7, 11) is -9.78. The Morgan fingerprint density at radius 2 is 0.582 bits per heavy atom. The van der Waals surface area contributed by atoms with Crippen molar-refractivity contribution in [3.05, 3.63) is 122 Å². The van der Waals surface area contributed by atoms with Gasteiger partial charge in [0.15, 0.2) is 6.10 Å². The molecule has 0 saturated carbocycles. The fourth-order valence-electron chi connectivity index (χ4n) is 8.86. The lowest BCUT2D eigenvalue weighted by molar-refractivity contribution is -0.161. The lowest BCUT2D eigenvalue weighted by Gasteiger charge is -2.21. The van der Waals surface area contributed by atoms with Crippen molar-refractivity contribution in [1.29, 1.82) is 0 Å². The zero-order valence-electron chi connectivity index (χ0n) is 56.5. The lowest BCUT2D eigenvalue weighted by atomic mass is 10.1. The van der Waals surface area contributed by atoms with Crippen LogP contribution in [0.2, 0.25) is 0 Å². The van der Waals surface area contributed by atoms with E-state index in [4.69, 9.17) is 32.3 Å². The molecule has 91 heavy (non-hydrogen) atoms. The van der Waals surface area contributed by atoms with Crippen molar-refractivity contribution < 1.29 is 75.8 Å². The standard InChI is InChI=1S/C73H124O16P2/c1-4-7-10-13-16-19-22-24-26-28-29-30-31-32-33-34-35-36-37-39-41-42-45-47-50-53-56-59-71(76)83-62-68(74)63-85-90(79,80)86-64-69(75)65-87-91(81,82)88-67-70(89-73(78)61-58-55-52-49-44-21-18-15-12-9-6-3)66-84-72(77)60-57-54-51-48-46-43-40-38-27-25-23-20-17-14-11-8-5-2/h7-8,10-11,15-20,24-27,29-30,32-33,35-36,68-70,74-75H,4-6,9,12-14,21-23,28,31,34,37-67H2,1-3H3,(H,79,80)(H,81,82)/b10-7-,11-8-,18-15-,19-16-,20-17-,26-24-,27-25-,30-29-,33-32-,36-35-. The molecule has 0 saturated heterocycles. The number of rotatable bonds is 65. The third-order valence-electron chi connectivity index (χ3n) is 14.2. The molecule has 0 aromatic carbocycles. The minimum atomic E-state index is -4.93. The number of esters is 3. The van der Waals surface area contributed by atoms with Crippen molar-refractivity contribution in [1.82, 2.24) is 0 Å². The van der Waals surface area contributed by atoms with E-state index in [1.807, 2.05) is 0 Å². The first-order valence-corrected chi connectivity index (χ1v) is 37.8. The number of aliphatic hydroxyl groups is 2. The molecule has 0 aliphatic rings. The van der Waals surface area contributed by atoms with E-state index in [1.54, 1.807) is 0 Å². The number of unbranched alkanes of at least 4 members (excludes halogenated alkanes) is 22. The number of hydrogen-bond acceptors (Lipinski definition) is 14. The Balaban J connectivity index is 4.50. The van der Waals surface area contributed by atoms with E-state index in [-0.39, 0.29) is 19.3 Å². The summed E-state index contributed by atoms with van der Waals surface area (Å²) >= 11 is 0. The minimum Gasteiger partial charge on any atom is -0.463 e. The van der Waals surface area contributed by atoms with Gasteiger partial charge in [-0.1, -0.05) is 245 Å². The Morgan fingerprint density at radius 1 is 0.319 bits per heavy atom. The summed E-state index contributed by atoms with van der Waals surface area (Å²) in [6.45, 7) is 2.36. The van der Waals surface area contributed by atoms with Crippen LogP contribution in [0, 0.1) is 0 Å². The maximum atomic E-state index is 12.9. The number of carbonyl (C=O) groups is 3. The Bertz CT molecular complexity index is 2140. The maximum absolute atomic E-state index is 12.9. The molecule has 16 nitrogen and oxygen atoms in total. The van der Waals surface area contributed by atoms with E-state index in [2.05, 4.69) is 142 Å². The predicted octanol–water partition coefficient (Wildman–Crippen LogP) is 19.4. The third kappa shape index (κ3) is 67.2. The molecule has 0 bridgehead atoms. The molecule has 0 heterocycles. The highest BCUT2D eigenvalue weighted by Gasteiger charge is 2.29. The average molecular weight is 1320 g/mol. The number of allylic oxidation sites excluding steroid dienone is 20. The van der Waals surface area contributed by atoms with Crippen molar-refractivity contribution in [2.24, 2.45) is 0 Å². The summed E-state index contributed by atoms with van der Waals surface area (Å²) in [5, 5.41) is 20.5. The van der Waals surface area contributed by atoms with E-state index >= 15 is 0 Å². The molecule has 522 valence electrons. The van der Waals surface area contributed by atoms with Crippen LogP contribution in [0.3, 0.4) is 0 Å². The summed E-state index contributed by atoms with van der Waals surface area (Å²) in [6, 6.07) is 0. The lowest BCUT2D eigenvalue weighted by Crippen LogP contribution is -2.30. The van der Waals surface area contributed by atoms with Gasteiger partial charge < -0.3 is 34.2 Å². The first-order valence-electron chi connectivity index (χ1n) is 34.8. The van der Waals surface area contributed by atoms with Crippen molar-refractivity contribution >= 4 is 33.6 Å². The number of carbonyl (C=O) groups excluding carboxylic acids is 3. The van der Waals surface area contributed by atoms with Crippen LogP contribution in [0.1, 0.15) is 265 Å². The minimum absolute atomic E-state index is 0.0900. The van der Waals surface area contributed by atoms with Crippen LogP contribution in [-0.4, -0.2) is 95.9 Å². The Morgan fingerprint density at radius 3 is 0.934 bits per heavy atom. The van der Waals surface area contributed by atoms with Gasteiger partial charge in [-0.3, -0.25) is 32.5 Å². The largest absolute Gasteiger partial charge is 0.472 e. The summed E-state index contributed by atoms with van der Waals surface area (Å²) < 4.78 is 60.8. The van der Waals surface area contributed by atoms with Crippen LogP contribution in [-0.2, 0) is 55.8 Å². The van der Waals surface area contributed by atoms with Crippen LogP contribution < -0.4 is 0 Å². The number of phosphoric acid groups is 2. The van der Waals surface area contributed by atoms with Gasteiger partial charge in [0, 0.05) is 19.3 Å². The van der Waals surface area contributed by atoms with Gasteiger partial charge in [0.1, 0.15) is 25.4 Å². The van der Waals surface area contributed by atoms with Gasteiger partial charge in [-0.15, -0.1) is 0 Å². The monoisotopic (exact) mass is 1320 g/mol. The van der Waals surface area contributed by atoms with E-state index < -0.39 is 91.5 Å².